The topological polar surface area (TPSA) is 69.3 Å². The number of benzene rings is 2. The van der Waals surface area contributed by atoms with Crippen molar-refractivity contribution in [3.8, 4) is 0 Å². The number of fused-ring (bicyclic) bond motifs is 3. The van der Waals surface area contributed by atoms with Crippen LogP contribution >= 0.6 is 0 Å². The van der Waals surface area contributed by atoms with Gasteiger partial charge in [-0.25, -0.2) is 0 Å². The highest BCUT2D eigenvalue weighted by molar-refractivity contribution is 6.46. The van der Waals surface area contributed by atoms with Crippen molar-refractivity contribution >= 4 is 28.2 Å². The molecule has 0 atom stereocenters. The molecule has 3 aromatic rings. The Hall–Kier alpha value is -3.08. The Morgan fingerprint density at radius 1 is 1.00 bits per heavy atom. The monoisotopic (exact) mass is 304 g/mol. The molecule has 0 saturated carbocycles. The van der Waals surface area contributed by atoms with Gasteiger partial charge in [0.15, 0.2) is 5.71 Å². The summed E-state index contributed by atoms with van der Waals surface area (Å²) in [5.41, 5.74) is 7.15. The fourth-order valence-electron chi connectivity index (χ4n) is 2.90. The Morgan fingerprint density at radius 3 is 2.65 bits per heavy atom. The van der Waals surface area contributed by atoms with Gasteiger partial charge in [0.1, 0.15) is 0 Å². The van der Waals surface area contributed by atoms with Crippen molar-refractivity contribution in [2.75, 3.05) is 12.0 Å². The highest BCUT2D eigenvalue weighted by Crippen LogP contribution is 2.25. The van der Waals surface area contributed by atoms with Gasteiger partial charge in [-0.15, -0.1) is 0 Å². The third-order valence-electron chi connectivity index (χ3n) is 4.00. The number of amides is 1. The van der Waals surface area contributed by atoms with Crippen LogP contribution in [0.1, 0.15) is 11.3 Å². The molecule has 2 heterocycles. The summed E-state index contributed by atoms with van der Waals surface area (Å²) in [6.45, 7) is 0.609. The molecule has 0 unspecified atom stereocenters. The summed E-state index contributed by atoms with van der Waals surface area (Å²) in [6.07, 6.45) is 0.787. The lowest BCUT2D eigenvalue weighted by Crippen LogP contribution is -2.31. The Bertz CT molecular complexity index is 896. The molecule has 0 saturated heterocycles. The number of para-hydroxylation sites is 2. The fraction of sp³-hybridized carbons (Fsp3) is 0.111. The standard InChI is InChI=1S/C18H16N4O/c23-18-17(22-21-12-6-2-1-3-7-12)16-14(10-11-19-18)13-8-4-5-9-15(13)20-16/h1-9,20-21H,10-11H2,(H,19,23)/b22-17-. The number of carbonyl (C=O) groups excluding carboxylic acids is 1. The van der Waals surface area contributed by atoms with Gasteiger partial charge in [-0.3, -0.25) is 10.2 Å². The first kappa shape index (κ1) is 13.6. The summed E-state index contributed by atoms with van der Waals surface area (Å²) in [7, 11) is 0. The van der Waals surface area contributed by atoms with Gasteiger partial charge < -0.3 is 10.3 Å². The number of anilines is 1. The van der Waals surface area contributed by atoms with E-state index in [1.165, 1.54) is 0 Å². The highest BCUT2D eigenvalue weighted by atomic mass is 16.2. The second-order valence-corrected chi connectivity index (χ2v) is 5.47. The molecule has 3 N–H and O–H groups in total. The van der Waals surface area contributed by atoms with Gasteiger partial charge in [-0.1, -0.05) is 36.4 Å². The van der Waals surface area contributed by atoms with Crippen LogP contribution in [0.3, 0.4) is 0 Å². The second-order valence-electron chi connectivity index (χ2n) is 5.47. The molecule has 0 fully saturated rings. The first-order chi connectivity index (χ1) is 11.3. The third kappa shape index (κ3) is 2.46. The van der Waals surface area contributed by atoms with Crippen LogP contribution in [0, 0.1) is 0 Å². The summed E-state index contributed by atoms with van der Waals surface area (Å²) in [6, 6.07) is 17.7. The quantitative estimate of drug-likeness (QED) is 0.637. The van der Waals surface area contributed by atoms with Crippen LogP contribution in [0.4, 0.5) is 5.69 Å². The number of hydrogen-bond acceptors (Lipinski definition) is 3. The van der Waals surface area contributed by atoms with Crippen molar-refractivity contribution in [1.29, 1.82) is 0 Å². The Labute approximate surface area is 133 Å². The Morgan fingerprint density at radius 2 is 1.78 bits per heavy atom. The predicted molar refractivity (Wildman–Crippen MR) is 91.6 cm³/mol. The maximum Gasteiger partial charge on any atom is 0.273 e. The summed E-state index contributed by atoms with van der Waals surface area (Å²) >= 11 is 0. The number of H-pyrrole nitrogens is 1. The summed E-state index contributed by atoms with van der Waals surface area (Å²) < 4.78 is 0. The van der Waals surface area contributed by atoms with Crippen molar-refractivity contribution < 1.29 is 4.79 Å². The van der Waals surface area contributed by atoms with Crippen molar-refractivity contribution in [2.45, 2.75) is 6.42 Å². The molecule has 0 aliphatic carbocycles. The van der Waals surface area contributed by atoms with E-state index < -0.39 is 0 Å². The number of hydrogen-bond donors (Lipinski definition) is 3. The molecule has 5 nitrogen and oxygen atoms in total. The molecule has 4 rings (SSSR count). The SMILES string of the molecule is O=C1NCCc2c([nH]c3ccccc23)/C1=N/Nc1ccccc1. The molecule has 2 aromatic carbocycles. The van der Waals surface area contributed by atoms with E-state index in [1.54, 1.807) is 0 Å². The lowest BCUT2D eigenvalue weighted by molar-refractivity contribution is -0.114. The average molecular weight is 304 g/mol. The van der Waals surface area contributed by atoms with Crippen LogP contribution < -0.4 is 10.7 Å². The van der Waals surface area contributed by atoms with E-state index in [2.05, 4.69) is 26.9 Å². The van der Waals surface area contributed by atoms with Gasteiger partial charge in [0, 0.05) is 17.4 Å². The van der Waals surface area contributed by atoms with E-state index in [4.69, 9.17) is 0 Å². The molecule has 1 aliphatic heterocycles. The number of nitrogens with zero attached hydrogens (tertiary/aromatic N) is 1. The van der Waals surface area contributed by atoms with Gasteiger partial charge in [-0.2, -0.15) is 5.10 Å². The molecular weight excluding hydrogens is 288 g/mol. The van der Waals surface area contributed by atoms with Crippen molar-refractivity contribution in [2.24, 2.45) is 5.10 Å². The fourth-order valence-corrected chi connectivity index (χ4v) is 2.90. The maximum atomic E-state index is 12.4. The predicted octanol–water partition coefficient (Wildman–Crippen LogP) is 2.66. The third-order valence-corrected chi connectivity index (χ3v) is 4.00. The summed E-state index contributed by atoms with van der Waals surface area (Å²) in [5.74, 6) is -0.168. The lowest BCUT2D eigenvalue weighted by Gasteiger charge is -2.05. The lowest BCUT2D eigenvalue weighted by atomic mass is 10.1. The zero-order valence-corrected chi connectivity index (χ0v) is 12.5. The first-order valence-corrected chi connectivity index (χ1v) is 7.60. The number of hydrazone groups is 1. The molecule has 0 bridgehead atoms. The van der Waals surface area contributed by atoms with E-state index in [0.717, 1.165) is 34.3 Å². The zero-order chi connectivity index (χ0) is 15.6. The van der Waals surface area contributed by atoms with Crippen LogP contribution in [0.25, 0.3) is 10.9 Å². The van der Waals surface area contributed by atoms with E-state index >= 15 is 0 Å². The van der Waals surface area contributed by atoms with Crippen LogP contribution in [-0.4, -0.2) is 23.1 Å². The van der Waals surface area contributed by atoms with Crippen molar-refractivity contribution in [1.82, 2.24) is 10.3 Å². The van der Waals surface area contributed by atoms with Gasteiger partial charge in [0.05, 0.1) is 11.4 Å². The van der Waals surface area contributed by atoms with E-state index in [0.29, 0.717) is 12.3 Å². The second kappa shape index (κ2) is 5.61. The van der Waals surface area contributed by atoms with E-state index in [1.807, 2.05) is 48.5 Å². The molecule has 0 spiro atoms. The first-order valence-electron chi connectivity index (χ1n) is 7.60. The number of aromatic nitrogens is 1. The van der Waals surface area contributed by atoms with Gasteiger partial charge in [0.25, 0.3) is 5.91 Å². The molecule has 0 radical (unpaired) electrons. The minimum Gasteiger partial charge on any atom is -0.353 e. The molecule has 1 aliphatic rings. The summed E-state index contributed by atoms with van der Waals surface area (Å²) in [5, 5.41) is 8.40. The molecule has 5 heteroatoms. The number of nitrogens with one attached hydrogen (secondary N) is 3. The van der Waals surface area contributed by atoms with Gasteiger partial charge in [-0.05, 0) is 30.2 Å². The summed E-state index contributed by atoms with van der Waals surface area (Å²) in [4.78, 5) is 15.7. The Kier molecular flexibility index (Phi) is 3.31. The molecule has 23 heavy (non-hydrogen) atoms. The molecular formula is C18H16N4O. The van der Waals surface area contributed by atoms with Crippen molar-refractivity contribution in [3.05, 3.63) is 65.9 Å². The van der Waals surface area contributed by atoms with E-state index in [-0.39, 0.29) is 5.91 Å². The maximum absolute atomic E-state index is 12.4. The van der Waals surface area contributed by atoms with Crippen LogP contribution in [0.15, 0.2) is 59.7 Å². The van der Waals surface area contributed by atoms with Crippen LogP contribution in [-0.2, 0) is 11.2 Å². The molecule has 114 valence electrons. The largest absolute Gasteiger partial charge is 0.353 e. The number of aromatic amines is 1. The Balaban J connectivity index is 1.81. The molecule has 1 aromatic heterocycles. The van der Waals surface area contributed by atoms with Gasteiger partial charge in [0.2, 0.25) is 0 Å². The molecule has 1 amide bonds. The van der Waals surface area contributed by atoms with Crippen LogP contribution in [0.2, 0.25) is 0 Å². The smallest absolute Gasteiger partial charge is 0.273 e. The normalized spacial score (nSPS) is 16.0. The van der Waals surface area contributed by atoms with Crippen molar-refractivity contribution in [3.63, 3.8) is 0 Å². The average Bonchev–Trinajstić information content (AvgIpc) is 2.87. The van der Waals surface area contributed by atoms with Gasteiger partial charge >= 0.3 is 0 Å². The highest BCUT2D eigenvalue weighted by Gasteiger charge is 2.24. The minimum absolute atomic E-state index is 0.168. The zero-order valence-electron chi connectivity index (χ0n) is 12.5. The minimum atomic E-state index is -0.168. The van der Waals surface area contributed by atoms with E-state index in [9.17, 15) is 4.79 Å². The number of carbonyl (C=O) groups is 1. The van der Waals surface area contributed by atoms with Crippen LogP contribution in [0.5, 0.6) is 0 Å². The number of rotatable bonds is 2.